The maximum absolute atomic E-state index is 2.35. The van der Waals surface area contributed by atoms with Gasteiger partial charge in [0.25, 0.3) is 0 Å². The lowest BCUT2D eigenvalue weighted by Crippen LogP contribution is -2.12. The maximum Gasteiger partial charge on any atom is 0.0234 e. The number of allylic oxidation sites excluding steroid dienone is 8. The summed E-state index contributed by atoms with van der Waals surface area (Å²) in [5, 5.41) is 0. The summed E-state index contributed by atoms with van der Waals surface area (Å²) in [5.41, 5.74) is 4.96. The molecular weight excluding hydrogens is 156 g/mol. The van der Waals surface area contributed by atoms with Crippen LogP contribution < -0.4 is 0 Å². The van der Waals surface area contributed by atoms with E-state index in [1.165, 1.54) is 25.7 Å². The van der Waals surface area contributed by atoms with Crippen LogP contribution in [0.15, 0.2) is 47.1 Å². The molecule has 13 heavy (non-hydrogen) atoms. The second-order valence-electron chi connectivity index (χ2n) is 4.10. The van der Waals surface area contributed by atoms with Crippen LogP contribution in [0.5, 0.6) is 0 Å². The number of rotatable bonds is 0. The number of hydrogen-bond donors (Lipinski definition) is 0. The Hall–Kier alpha value is -1.04. The van der Waals surface area contributed by atoms with Crippen molar-refractivity contribution in [3.63, 3.8) is 0 Å². The molecule has 0 N–H and O–H groups in total. The van der Waals surface area contributed by atoms with E-state index < -0.39 is 0 Å². The molecule has 0 amide bonds. The van der Waals surface area contributed by atoms with E-state index in [4.69, 9.17) is 0 Å². The van der Waals surface area contributed by atoms with Gasteiger partial charge in [-0.15, -0.1) is 0 Å². The predicted octanol–water partition coefficient (Wildman–Crippen LogP) is 3.54. The first-order chi connectivity index (χ1) is 6.45. The zero-order valence-electron chi connectivity index (χ0n) is 7.79. The van der Waals surface area contributed by atoms with E-state index in [1.54, 1.807) is 16.7 Å². The van der Waals surface area contributed by atoms with E-state index in [2.05, 4.69) is 30.4 Å². The fourth-order valence-electron chi connectivity index (χ4n) is 2.68. The Kier molecular flexibility index (Phi) is 1.55. The molecule has 0 fully saturated rings. The summed E-state index contributed by atoms with van der Waals surface area (Å²) in [6.45, 7) is 0. The molecule has 0 aromatic carbocycles. The van der Waals surface area contributed by atoms with Gasteiger partial charge >= 0.3 is 0 Å². The van der Waals surface area contributed by atoms with Gasteiger partial charge in [0.2, 0.25) is 0 Å². The molecule has 0 nitrogen and oxygen atoms in total. The molecule has 0 bridgehead atoms. The standard InChI is InChI=1S/C13H14/c1-2-6-12-10(4-1)8-9-11-5-3-7-13(11)12/h2-3,5-7,13H,1,4,8-9H2. The van der Waals surface area contributed by atoms with Gasteiger partial charge in [0.1, 0.15) is 0 Å². The molecular formula is C13H14. The van der Waals surface area contributed by atoms with Gasteiger partial charge in [-0.2, -0.15) is 0 Å². The lowest BCUT2D eigenvalue weighted by atomic mass is 9.77. The molecule has 0 saturated heterocycles. The monoisotopic (exact) mass is 170 g/mol. The summed E-state index contributed by atoms with van der Waals surface area (Å²) in [6.07, 6.45) is 16.7. The normalized spacial score (nSPS) is 30.2. The lowest BCUT2D eigenvalue weighted by molar-refractivity contribution is 0.702. The van der Waals surface area contributed by atoms with E-state index in [0.717, 1.165) is 0 Å². The van der Waals surface area contributed by atoms with Crippen molar-refractivity contribution >= 4 is 0 Å². The molecule has 0 aromatic rings. The van der Waals surface area contributed by atoms with Gasteiger partial charge in [-0.25, -0.2) is 0 Å². The first-order valence-corrected chi connectivity index (χ1v) is 5.21. The third kappa shape index (κ3) is 1.05. The van der Waals surface area contributed by atoms with Crippen LogP contribution in [0.1, 0.15) is 25.7 Å². The third-order valence-electron chi connectivity index (χ3n) is 3.38. The average Bonchev–Trinajstić information content (AvgIpc) is 2.65. The first kappa shape index (κ1) is 7.37. The van der Waals surface area contributed by atoms with Crippen LogP contribution in [0.3, 0.4) is 0 Å². The van der Waals surface area contributed by atoms with Gasteiger partial charge in [-0.1, -0.05) is 41.5 Å². The van der Waals surface area contributed by atoms with Gasteiger partial charge in [0.05, 0.1) is 0 Å². The molecule has 1 unspecified atom stereocenters. The number of fused-ring (bicyclic) bond motifs is 2. The molecule has 0 radical (unpaired) electrons. The third-order valence-corrected chi connectivity index (χ3v) is 3.38. The van der Waals surface area contributed by atoms with Crippen molar-refractivity contribution < 1.29 is 0 Å². The van der Waals surface area contributed by atoms with Gasteiger partial charge in [-0.3, -0.25) is 0 Å². The Balaban J connectivity index is 2.06. The quantitative estimate of drug-likeness (QED) is 0.521. The first-order valence-electron chi connectivity index (χ1n) is 5.21. The van der Waals surface area contributed by atoms with Crippen molar-refractivity contribution in [3.05, 3.63) is 47.1 Å². The summed E-state index contributed by atoms with van der Waals surface area (Å²) < 4.78 is 0. The van der Waals surface area contributed by atoms with E-state index in [9.17, 15) is 0 Å². The minimum absolute atomic E-state index is 0.653. The van der Waals surface area contributed by atoms with Gasteiger partial charge < -0.3 is 0 Å². The maximum atomic E-state index is 2.35. The zero-order chi connectivity index (χ0) is 8.67. The Morgan fingerprint density at radius 3 is 3.15 bits per heavy atom. The van der Waals surface area contributed by atoms with Crippen LogP contribution in [-0.2, 0) is 0 Å². The Morgan fingerprint density at radius 2 is 2.15 bits per heavy atom. The summed E-state index contributed by atoms with van der Waals surface area (Å²) in [5.74, 6) is 0.653. The molecule has 3 rings (SSSR count). The van der Waals surface area contributed by atoms with Crippen LogP contribution in [0.25, 0.3) is 0 Å². The van der Waals surface area contributed by atoms with E-state index in [0.29, 0.717) is 5.92 Å². The van der Waals surface area contributed by atoms with Crippen molar-refractivity contribution in [3.8, 4) is 0 Å². The van der Waals surface area contributed by atoms with Crippen molar-refractivity contribution in [2.24, 2.45) is 5.92 Å². The summed E-state index contributed by atoms with van der Waals surface area (Å²) in [4.78, 5) is 0. The second-order valence-corrected chi connectivity index (χ2v) is 4.10. The van der Waals surface area contributed by atoms with Crippen LogP contribution >= 0.6 is 0 Å². The molecule has 0 heterocycles. The fourth-order valence-corrected chi connectivity index (χ4v) is 2.68. The topological polar surface area (TPSA) is 0 Å². The molecule has 1 atom stereocenters. The van der Waals surface area contributed by atoms with E-state index in [1.807, 2.05) is 0 Å². The summed E-state index contributed by atoms with van der Waals surface area (Å²) >= 11 is 0. The lowest BCUT2D eigenvalue weighted by Gasteiger charge is -2.27. The Labute approximate surface area is 79.3 Å². The van der Waals surface area contributed by atoms with E-state index in [-0.39, 0.29) is 0 Å². The van der Waals surface area contributed by atoms with Gasteiger partial charge in [0, 0.05) is 5.92 Å². The Morgan fingerprint density at radius 1 is 1.15 bits per heavy atom. The van der Waals surface area contributed by atoms with Crippen LogP contribution in [0.2, 0.25) is 0 Å². The fraction of sp³-hybridized carbons (Fsp3) is 0.385. The van der Waals surface area contributed by atoms with Crippen molar-refractivity contribution in [2.75, 3.05) is 0 Å². The SMILES string of the molecule is C1=CC2C(=C1)CCC1=C2C=CCC1. The van der Waals surface area contributed by atoms with Crippen LogP contribution in [0.4, 0.5) is 0 Å². The molecule has 0 saturated carbocycles. The molecule has 3 aliphatic rings. The minimum atomic E-state index is 0.653. The zero-order valence-corrected chi connectivity index (χ0v) is 7.79. The Bertz CT molecular complexity index is 350. The molecule has 0 spiro atoms. The van der Waals surface area contributed by atoms with Crippen LogP contribution in [-0.4, -0.2) is 0 Å². The van der Waals surface area contributed by atoms with Gasteiger partial charge in [-0.05, 0) is 31.3 Å². The minimum Gasteiger partial charge on any atom is -0.0839 e. The largest absolute Gasteiger partial charge is 0.0839 e. The number of hydrogen-bond acceptors (Lipinski definition) is 0. The van der Waals surface area contributed by atoms with Crippen LogP contribution in [0, 0.1) is 5.92 Å². The molecule has 0 aliphatic heterocycles. The van der Waals surface area contributed by atoms with E-state index >= 15 is 0 Å². The summed E-state index contributed by atoms with van der Waals surface area (Å²) in [7, 11) is 0. The second kappa shape index (κ2) is 2.73. The molecule has 0 aromatic heterocycles. The summed E-state index contributed by atoms with van der Waals surface area (Å²) in [6, 6.07) is 0. The highest BCUT2D eigenvalue weighted by molar-refractivity contribution is 5.47. The smallest absolute Gasteiger partial charge is 0.0234 e. The van der Waals surface area contributed by atoms with Crippen molar-refractivity contribution in [1.29, 1.82) is 0 Å². The molecule has 66 valence electrons. The van der Waals surface area contributed by atoms with Gasteiger partial charge in [0.15, 0.2) is 0 Å². The van der Waals surface area contributed by atoms with Crippen molar-refractivity contribution in [1.82, 2.24) is 0 Å². The van der Waals surface area contributed by atoms with Crippen molar-refractivity contribution in [2.45, 2.75) is 25.7 Å². The predicted molar refractivity (Wildman–Crippen MR) is 55.3 cm³/mol. The molecule has 0 heteroatoms. The molecule has 3 aliphatic carbocycles. The highest BCUT2D eigenvalue weighted by Gasteiger charge is 2.25. The average molecular weight is 170 g/mol. The highest BCUT2D eigenvalue weighted by Crippen LogP contribution is 2.41. The highest BCUT2D eigenvalue weighted by atomic mass is 14.3.